The Balaban J connectivity index is 2.44. The highest BCUT2D eigenvalue weighted by atomic mass is 19.1. The second kappa shape index (κ2) is 7.86. The molecular formula is C14H21FN2O2. The summed E-state index contributed by atoms with van der Waals surface area (Å²) in [6.07, 6.45) is 1.33. The first-order valence-corrected chi connectivity index (χ1v) is 6.35. The molecule has 0 aliphatic carbocycles. The lowest BCUT2D eigenvalue weighted by molar-refractivity contribution is -0.123. The third-order valence-corrected chi connectivity index (χ3v) is 2.93. The van der Waals surface area contributed by atoms with Gasteiger partial charge in [-0.05, 0) is 37.5 Å². The zero-order valence-electron chi connectivity index (χ0n) is 11.4. The van der Waals surface area contributed by atoms with E-state index in [0.717, 1.165) is 12.0 Å². The Labute approximate surface area is 113 Å². The number of carbonyl (C=O) groups excluding carboxylic acids is 1. The van der Waals surface area contributed by atoms with Crippen LogP contribution in [0.15, 0.2) is 24.3 Å². The normalized spacial score (nSPS) is 13.9. The lowest BCUT2D eigenvalue weighted by Crippen LogP contribution is -2.41. The van der Waals surface area contributed by atoms with E-state index in [0.29, 0.717) is 13.0 Å². The Morgan fingerprint density at radius 2 is 2.05 bits per heavy atom. The molecule has 1 amide bonds. The quantitative estimate of drug-likeness (QED) is 0.741. The van der Waals surface area contributed by atoms with E-state index in [1.165, 1.54) is 12.1 Å². The highest BCUT2D eigenvalue weighted by Crippen LogP contribution is 2.13. The molecular weight excluding hydrogens is 247 g/mol. The second-order valence-corrected chi connectivity index (χ2v) is 4.52. The lowest BCUT2D eigenvalue weighted by Gasteiger charge is -2.17. The van der Waals surface area contributed by atoms with Gasteiger partial charge in [0.1, 0.15) is 5.82 Å². The van der Waals surface area contributed by atoms with Crippen molar-refractivity contribution in [3.05, 3.63) is 35.6 Å². The molecule has 19 heavy (non-hydrogen) atoms. The summed E-state index contributed by atoms with van der Waals surface area (Å²) in [5, 5.41) is 2.82. The van der Waals surface area contributed by atoms with Gasteiger partial charge in [-0.25, -0.2) is 4.39 Å². The number of ether oxygens (including phenoxy) is 1. The van der Waals surface area contributed by atoms with Crippen molar-refractivity contribution >= 4 is 5.91 Å². The second-order valence-electron chi connectivity index (χ2n) is 4.52. The van der Waals surface area contributed by atoms with E-state index in [9.17, 15) is 9.18 Å². The summed E-state index contributed by atoms with van der Waals surface area (Å²) in [6, 6.07) is 5.31. The molecule has 0 radical (unpaired) electrons. The summed E-state index contributed by atoms with van der Waals surface area (Å²) in [6.45, 7) is 2.43. The SMILES string of the molecule is COCCCC(N)C(=O)NC(C)c1ccc(F)cc1. The summed E-state index contributed by atoms with van der Waals surface area (Å²) < 4.78 is 17.7. The number of nitrogens with one attached hydrogen (secondary N) is 1. The molecule has 1 aromatic carbocycles. The van der Waals surface area contributed by atoms with Crippen LogP contribution in [0.25, 0.3) is 0 Å². The van der Waals surface area contributed by atoms with Gasteiger partial charge in [-0.2, -0.15) is 0 Å². The fraction of sp³-hybridized carbons (Fsp3) is 0.500. The molecule has 0 aliphatic rings. The molecule has 2 unspecified atom stereocenters. The standard InChI is InChI=1S/C14H21FN2O2/c1-10(11-5-7-12(15)8-6-11)17-14(18)13(16)4-3-9-19-2/h5-8,10,13H,3-4,9,16H2,1-2H3,(H,17,18). The van der Waals surface area contributed by atoms with E-state index < -0.39 is 6.04 Å². The summed E-state index contributed by atoms with van der Waals surface area (Å²) in [4.78, 5) is 11.8. The van der Waals surface area contributed by atoms with Gasteiger partial charge in [0, 0.05) is 13.7 Å². The number of benzene rings is 1. The Kier molecular flexibility index (Phi) is 6.45. The molecule has 0 spiro atoms. The number of hydrogen-bond donors (Lipinski definition) is 2. The van der Waals surface area contributed by atoms with Crippen molar-refractivity contribution in [2.45, 2.75) is 31.8 Å². The van der Waals surface area contributed by atoms with Gasteiger partial charge in [-0.1, -0.05) is 12.1 Å². The van der Waals surface area contributed by atoms with Gasteiger partial charge in [0.05, 0.1) is 12.1 Å². The third-order valence-electron chi connectivity index (χ3n) is 2.93. The molecule has 0 bridgehead atoms. The van der Waals surface area contributed by atoms with Crippen molar-refractivity contribution in [2.24, 2.45) is 5.73 Å². The summed E-state index contributed by atoms with van der Waals surface area (Å²) >= 11 is 0. The number of carbonyl (C=O) groups is 1. The highest BCUT2D eigenvalue weighted by Gasteiger charge is 2.16. The number of nitrogens with two attached hydrogens (primary N) is 1. The van der Waals surface area contributed by atoms with Crippen molar-refractivity contribution < 1.29 is 13.9 Å². The van der Waals surface area contributed by atoms with Crippen LogP contribution >= 0.6 is 0 Å². The largest absolute Gasteiger partial charge is 0.385 e. The predicted octanol–water partition coefficient (Wildman–Crippen LogP) is 1.76. The first kappa shape index (κ1) is 15.6. The first-order valence-electron chi connectivity index (χ1n) is 6.35. The van der Waals surface area contributed by atoms with Gasteiger partial charge in [0.15, 0.2) is 0 Å². The number of amides is 1. The first-order chi connectivity index (χ1) is 9.04. The molecule has 5 heteroatoms. The Hall–Kier alpha value is -1.46. The highest BCUT2D eigenvalue weighted by molar-refractivity contribution is 5.81. The monoisotopic (exact) mass is 268 g/mol. The Bertz CT molecular complexity index is 395. The van der Waals surface area contributed by atoms with Crippen molar-refractivity contribution in [2.75, 3.05) is 13.7 Å². The lowest BCUT2D eigenvalue weighted by atomic mass is 10.1. The molecule has 106 valence electrons. The number of rotatable bonds is 7. The minimum atomic E-state index is -0.543. The zero-order chi connectivity index (χ0) is 14.3. The minimum Gasteiger partial charge on any atom is -0.385 e. The Morgan fingerprint density at radius 1 is 1.42 bits per heavy atom. The average molecular weight is 268 g/mol. The maximum atomic E-state index is 12.8. The van der Waals surface area contributed by atoms with Crippen molar-refractivity contribution in [1.29, 1.82) is 0 Å². The van der Waals surface area contributed by atoms with Crippen LogP contribution in [0, 0.1) is 5.82 Å². The van der Waals surface area contributed by atoms with E-state index in [1.54, 1.807) is 19.2 Å². The third kappa shape index (κ3) is 5.36. The van der Waals surface area contributed by atoms with Gasteiger partial charge in [0.2, 0.25) is 5.91 Å². The number of hydrogen-bond acceptors (Lipinski definition) is 3. The predicted molar refractivity (Wildman–Crippen MR) is 72.0 cm³/mol. The molecule has 0 heterocycles. The van der Waals surface area contributed by atoms with Crippen LogP contribution < -0.4 is 11.1 Å². The maximum absolute atomic E-state index is 12.8. The summed E-state index contributed by atoms with van der Waals surface area (Å²) in [7, 11) is 1.61. The van der Waals surface area contributed by atoms with Gasteiger partial charge < -0.3 is 15.8 Å². The maximum Gasteiger partial charge on any atom is 0.237 e. The molecule has 0 saturated carbocycles. The Morgan fingerprint density at radius 3 is 2.63 bits per heavy atom. The van der Waals surface area contributed by atoms with E-state index in [1.807, 2.05) is 6.92 Å². The van der Waals surface area contributed by atoms with Crippen LogP contribution in [0.2, 0.25) is 0 Å². The van der Waals surface area contributed by atoms with Crippen LogP contribution in [0.1, 0.15) is 31.4 Å². The van der Waals surface area contributed by atoms with Crippen LogP contribution in [-0.4, -0.2) is 25.7 Å². The smallest absolute Gasteiger partial charge is 0.237 e. The summed E-state index contributed by atoms with van der Waals surface area (Å²) in [5.41, 5.74) is 6.63. The molecule has 0 saturated heterocycles. The zero-order valence-corrected chi connectivity index (χ0v) is 11.4. The van der Waals surface area contributed by atoms with Gasteiger partial charge in [-0.15, -0.1) is 0 Å². The van der Waals surface area contributed by atoms with E-state index in [4.69, 9.17) is 10.5 Å². The van der Waals surface area contributed by atoms with Crippen LogP contribution in [0.3, 0.4) is 0 Å². The minimum absolute atomic E-state index is 0.193. The summed E-state index contributed by atoms with van der Waals surface area (Å²) in [5.74, 6) is -0.494. The van der Waals surface area contributed by atoms with E-state index >= 15 is 0 Å². The fourth-order valence-electron chi connectivity index (χ4n) is 1.73. The van der Waals surface area contributed by atoms with E-state index in [2.05, 4.69) is 5.32 Å². The molecule has 1 rings (SSSR count). The van der Waals surface area contributed by atoms with E-state index in [-0.39, 0.29) is 17.8 Å². The van der Waals surface area contributed by atoms with Gasteiger partial charge in [-0.3, -0.25) is 4.79 Å². The molecule has 0 fully saturated rings. The molecule has 1 aromatic rings. The molecule has 2 atom stereocenters. The van der Waals surface area contributed by atoms with Gasteiger partial charge in [0.25, 0.3) is 0 Å². The molecule has 3 N–H and O–H groups in total. The van der Waals surface area contributed by atoms with Crippen LogP contribution in [-0.2, 0) is 9.53 Å². The molecule has 0 aromatic heterocycles. The number of methoxy groups -OCH3 is 1. The van der Waals surface area contributed by atoms with Crippen molar-refractivity contribution in [3.63, 3.8) is 0 Å². The molecule has 4 nitrogen and oxygen atoms in total. The van der Waals surface area contributed by atoms with Crippen LogP contribution in [0.5, 0.6) is 0 Å². The topological polar surface area (TPSA) is 64.3 Å². The average Bonchev–Trinajstić information content (AvgIpc) is 2.39. The van der Waals surface area contributed by atoms with Crippen molar-refractivity contribution in [1.82, 2.24) is 5.32 Å². The van der Waals surface area contributed by atoms with Crippen LogP contribution in [0.4, 0.5) is 4.39 Å². The van der Waals surface area contributed by atoms with Crippen molar-refractivity contribution in [3.8, 4) is 0 Å². The molecule has 0 aliphatic heterocycles. The van der Waals surface area contributed by atoms with Gasteiger partial charge >= 0.3 is 0 Å². The number of halogens is 1. The fourth-order valence-corrected chi connectivity index (χ4v) is 1.73.